The van der Waals surface area contributed by atoms with Crippen molar-refractivity contribution in [2.24, 2.45) is 0 Å². The third-order valence-corrected chi connectivity index (χ3v) is 2.48. The Morgan fingerprint density at radius 3 is 2.86 bits per heavy atom. The minimum absolute atomic E-state index is 0.208. The van der Waals surface area contributed by atoms with Crippen LogP contribution in [0.15, 0.2) is 4.60 Å². The van der Waals surface area contributed by atoms with Crippen LogP contribution in [0.3, 0.4) is 0 Å². The fourth-order valence-electron chi connectivity index (χ4n) is 1.06. The van der Waals surface area contributed by atoms with E-state index in [1.54, 1.807) is 11.5 Å². The van der Waals surface area contributed by atoms with Crippen LogP contribution in [0, 0.1) is 28.4 Å². The van der Waals surface area contributed by atoms with Crippen molar-refractivity contribution < 1.29 is 4.92 Å². The first-order chi connectivity index (χ1) is 6.57. The van der Waals surface area contributed by atoms with Crippen molar-refractivity contribution in [3.8, 4) is 6.07 Å². The maximum absolute atomic E-state index is 10.5. The van der Waals surface area contributed by atoms with E-state index >= 15 is 0 Å². The van der Waals surface area contributed by atoms with Gasteiger partial charge >= 0.3 is 5.82 Å². The summed E-state index contributed by atoms with van der Waals surface area (Å²) < 4.78 is 1.91. The van der Waals surface area contributed by atoms with Crippen LogP contribution >= 0.6 is 15.9 Å². The van der Waals surface area contributed by atoms with Gasteiger partial charge in [0.25, 0.3) is 0 Å². The van der Waals surface area contributed by atoms with Crippen LogP contribution in [0.25, 0.3) is 0 Å². The Morgan fingerprint density at radius 1 is 1.79 bits per heavy atom. The second kappa shape index (κ2) is 4.19. The number of halogens is 1. The molecule has 0 bridgehead atoms. The Bertz CT molecular complexity index is 407. The minimum atomic E-state index is -0.556. The maximum Gasteiger partial charge on any atom is 0.396 e. The Kier molecular flexibility index (Phi) is 3.19. The average molecular weight is 259 g/mol. The molecule has 0 fully saturated rings. The summed E-state index contributed by atoms with van der Waals surface area (Å²) >= 11 is 3.08. The molecule has 0 saturated heterocycles. The Labute approximate surface area is 88.4 Å². The fourth-order valence-corrected chi connectivity index (χ4v) is 1.73. The standard InChI is InChI=1S/C7H7BrN4O2/c1-5-10-7(12(13)14)6(8)11(5)4-2-3-9/h2,4H2,1H3. The Hall–Kier alpha value is -1.42. The zero-order valence-electron chi connectivity index (χ0n) is 7.40. The highest BCUT2D eigenvalue weighted by Gasteiger charge is 2.22. The molecule has 14 heavy (non-hydrogen) atoms. The third-order valence-electron chi connectivity index (χ3n) is 1.70. The van der Waals surface area contributed by atoms with Crippen LogP contribution < -0.4 is 0 Å². The number of aryl methyl sites for hydroxylation is 1. The Balaban J connectivity index is 3.06. The van der Waals surface area contributed by atoms with E-state index in [1.807, 2.05) is 6.07 Å². The summed E-state index contributed by atoms with van der Waals surface area (Å²) in [4.78, 5) is 13.7. The summed E-state index contributed by atoms with van der Waals surface area (Å²) in [6.07, 6.45) is 0.299. The molecular weight excluding hydrogens is 252 g/mol. The van der Waals surface area contributed by atoms with Gasteiger partial charge in [-0.15, -0.1) is 0 Å². The number of rotatable bonds is 3. The molecule has 0 spiro atoms. The molecule has 1 aromatic heterocycles. The first-order valence-corrected chi connectivity index (χ1v) is 4.61. The van der Waals surface area contributed by atoms with Gasteiger partial charge in [0.15, 0.2) is 4.60 Å². The van der Waals surface area contributed by atoms with E-state index in [0.29, 0.717) is 23.4 Å². The number of nitrogens with zero attached hydrogens (tertiary/aromatic N) is 4. The van der Waals surface area contributed by atoms with Crippen molar-refractivity contribution in [2.75, 3.05) is 0 Å². The maximum atomic E-state index is 10.5. The monoisotopic (exact) mass is 258 g/mol. The van der Waals surface area contributed by atoms with E-state index in [0.717, 1.165) is 0 Å². The molecule has 0 aliphatic carbocycles. The number of imidazole rings is 1. The zero-order chi connectivity index (χ0) is 10.7. The average Bonchev–Trinajstić information content (AvgIpc) is 2.40. The van der Waals surface area contributed by atoms with E-state index in [9.17, 15) is 10.1 Å². The summed E-state index contributed by atoms with van der Waals surface area (Å²) in [6.45, 7) is 2.07. The number of nitro groups is 1. The van der Waals surface area contributed by atoms with Gasteiger partial charge < -0.3 is 10.1 Å². The molecule has 1 aromatic rings. The predicted molar refractivity (Wildman–Crippen MR) is 51.5 cm³/mol. The highest BCUT2D eigenvalue weighted by molar-refractivity contribution is 9.10. The van der Waals surface area contributed by atoms with Gasteiger partial charge in [-0.2, -0.15) is 5.26 Å². The van der Waals surface area contributed by atoms with E-state index in [4.69, 9.17) is 5.26 Å². The van der Waals surface area contributed by atoms with Gasteiger partial charge in [-0.3, -0.25) is 4.57 Å². The van der Waals surface area contributed by atoms with Crippen molar-refractivity contribution in [1.29, 1.82) is 5.26 Å². The van der Waals surface area contributed by atoms with Crippen molar-refractivity contribution in [1.82, 2.24) is 9.55 Å². The molecule has 0 radical (unpaired) electrons. The van der Waals surface area contributed by atoms with Gasteiger partial charge in [-0.05, 0) is 25.8 Å². The summed E-state index contributed by atoms with van der Waals surface area (Å²) in [5.74, 6) is 0.319. The second-order valence-electron chi connectivity index (χ2n) is 2.59. The highest BCUT2D eigenvalue weighted by Crippen LogP contribution is 2.25. The molecule has 74 valence electrons. The van der Waals surface area contributed by atoms with E-state index < -0.39 is 4.92 Å². The third kappa shape index (κ3) is 1.90. The first kappa shape index (κ1) is 10.7. The lowest BCUT2D eigenvalue weighted by Crippen LogP contribution is -2.00. The van der Waals surface area contributed by atoms with Crippen LogP contribution in [-0.4, -0.2) is 14.5 Å². The van der Waals surface area contributed by atoms with Gasteiger partial charge in [0, 0.05) is 13.5 Å². The van der Waals surface area contributed by atoms with E-state index in [-0.39, 0.29) is 5.82 Å². The topological polar surface area (TPSA) is 84.8 Å². The normalized spacial score (nSPS) is 9.79. The van der Waals surface area contributed by atoms with Crippen molar-refractivity contribution >= 4 is 21.7 Å². The quantitative estimate of drug-likeness (QED) is 0.611. The van der Waals surface area contributed by atoms with Crippen molar-refractivity contribution in [3.05, 3.63) is 20.5 Å². The van der Waals surface area contributed by atoms with Crippen molar-refractivity contribution in [3.63, 3.8) is 0 Å². The van der Waals surface area contributed by atoms with Gasteiger partial charge in [-0.1, -0.05) is 0 Å². The van der Waals surface area contributed by atoms with Gasteiger partial charge in [-0.25, -0.2) is 0 Å². The minimum Gasteiger partial charge on any atom is -0.358 e. The lowest BCUT2D eigenvalue weighted by atomic mass is 10.4. The molecule has 6 nitrogen and oxygen atoms in total. The zero-order valence-corrected chi connectivity index (χ0v) is 8.98. The molecule has 0 aliphatic rings. The first-order valence-electron chi connectivity index (χ1n) is 3.82. The molecule has 1 rings (SSSR count). The molecule has 0 atom stereocenters. The van der Waals surface area contributed by atoms with Gasteiger partial charge in [0.2, 0.25) is 5.82 Å². The molecule has 0 N–H and O–H groups in total. The molecule has 0 amide bonds. The van der Waals surface area contributed by atoms with Crippen LogP contribution in [-0.2, 0) is 6.54 Å². The molecule has 0 aliphatic heterocycles. The SMILES string of the molecule is Cc1nc([N+](=O)[O-])c(Br)n1CCC#N. The lowest BCUT2D eigenvalue weighted by molar-refractivity contribution is -0.390. The molecule has 0 aromatic carbocycles. The van der Waals surface area contributed by atoms with Gasteiger partial charge in [0.1, 0.15) is 0 Å². The molecule has 1 heterocycles. The lowest BCUT2D eigenvalue weighted by Gasteiger charge is -1.98. The van der Waals surface area contributed by atoms with Crippen LogP contribution in [0.5, 0.6) is 0 Å². The summed E-state index contributed by atoms with van der Waals surface area (Å²) in [7, 11) is 0. The number of nitriles is 1. The van der Waals surface area contributed by atoms with Crippen LogP contribution in [0.1, 0.15) is 12.2 Å². The summed E-state index contributed by atoms with van der Waals surface area (Å²) in [5.41, 5.74) is 0. The largest absolute Gasteiger partial charge is 0.396 e. The molecular formula is C7H7BrN4O2. The summed E-state index contributed by atoms with van der Waals surface area (Å²) in [6, 6.07) is 1.97. The van der Waals surface area contributed by atoms with Crippen LogP contribution in [0.4, 0.5) is 5.82 Å². The van der Waals surface area contributed by atoms with Crippen LogP contribution in [0.2, 0.25) is 0 Å². The molecule has 7 heteroatoms. The molecule has 0 unspecified atom stereocenters. The van der Waals surface area contributed by atoms with Gasteiger partial charge in [0.05, 0.1) is 12.5 Å². The smallest absolute Gasteiger partial charge is 0.358 e. The highest BCUT2D eigenvalue weighted by atomic mass is 79.9. The summed E-state index contributed by atoms with van der Waals surface area (Å²) in [5, 5.41) is 18.9. The molecule has 0 saturated carbocycles. The fraction of sp³-hybridized carbons (Fsp3) is 0.429. The predicted octanol–water partition coefficient (Wildman–Crippen LogP) is 1.78. The number of aromatic nitrogens is 2. The Morgan fingerprint density at radius 2 is 2.43 bits per heavy atom. The second-order valence-corrected chi connectivity index (χ2v) is 3.34. The van der Waals surface area contributed by atoms with E-state index in [1.165, 1.54) is 0 Å². The van der Waals surface area contributed by atoms with Crippen molar-refractivity contribution in [2.45, 2.75) is 19.9 Å². The van der Waals surface area contributed by atoms with E-state index in [2.05, 4.69) is 20.9 Å². The number of hydrogen-bond donors (Lipinski definition) is 0. The number of hydrogen-bond acceptors (Lipinski definition) is 4.